The lowest BCUT2D eigenvalue weighted by Crippen LogP contribution is -2.24. The van der Waals surface area contributed by atoms with Crippen LogP contribution in [0.5, 0.6) is 0 Å². The van der Waals surface area contributed by atoms with Crippen molar-refractivity contribution in [1.82, 2.24) is 4.72 Å². The molecule has 0 amide bonds. The van der Waals surface area contributed by atoms with Crippen LogP contribution >= 0.6 is 23.2 Å². The second-order valence-corrected chi connectivity index (χ2v) is 6.87. The van der Waals surface area contributed by atoms with Crippen LogP contribution in [-0.2, 0) is 23.1 Å². The maximum absolute atomic E-state index is 12.3. The van der Waals surface area contributed by atoms with Gasteiger partial charge in [0.25, 0.3) is 0 Å². The van der Waals surface area contributed by atoms with E-state index in [1.54, 1.807) is 6.07 Å². The molecule has 0 saturated carbocycles. The Bertz CT molecular complexity index is 728. The van der Waals surface area contributed by atoms with E-state index in [0.717, 1.165) is 11.1 Å². The smallest absolute Gasteiger partial charge is 0.243 e. The molecule has 2 rings (SSSR count). The molecule has 0 spiro atoms. The summed E-state index contributed by atoms with van der Waals surface area (Å²) in [4.78, 5) is -0.112. The number of nitrogens with one attached hydrogen (secondary N) is 1. The molecule has 7 heteroatoms. The van der Waals surface area contributed by atoms with E-state index in [4.69, 9.17) is 28.9 Å². The Labute approximate surface area is 133 Å². The topological polar surface area (TPSA) is 72.2 Å². The molecule has 0 aliphatic rings. The van der Waals surface area contributed by atoms with Gasteiger partial charge < -0.3 is 5.73 Å². The van der Waals surface area contributed by atoms with Gasteiger partial charge in [-0.2, -0.15) is 0 Å². The van der Waals surface area contributed by atoms with Crippen molar-refractivity contribution in [2.24, 2.45) is 5.73 Å². The predicted octanol–water partition coefficient (Wildman–Crippen LogP) is 2.93. The number of sulfonamides is 1. The lowest BCUT2D eigenvalue weighted by atomic mass is 10.1. The third kappa shape index (κ3) is 3.75. The van der Waals surface area contributed by atoms with Crippen LogP contribution in [0.2, 0.25) is 10.0 Å². The average molecular weight is 345 g/mol. The van der Waals surface area contributed by atoms with Crippen molar-refractivity contribution in [1.29, 1.82) is 0 Å². The third-order valence-corrected chi connectivity index (χ3v) is 5.33. The molecule has 3 N–H and O–H groups in total. The molecule has 0 aliphatic carbocycles. The van der Waals surface area contributed by atoms with Crippen LogP contribution in [0.4, 0.5) is 0 Å². The van der Waals surface area contributed by atoms with E-state index in [-0.39, 0.29) is 21.5 Å². The van der Waals surface area contributed by atoms with Crippen LogP contribution in [0.3, 0.4) is 0 Å². The third-order valence-electron chi connectivity index (χ3n) is 2.98. The SMILES string of the molecule is NCc1ccccc1CNS(=O)(=O)c1c(Cl)cccc1Cl. The number of halogens is 2. The summed E-state index contributed by atoms with van der Waals surface area (Å²) in [5.74, 6) is 0. The minimum absolute atomic E-state index is 0.0853. The number of hydrogen-bond acceptors (Lipinski definition) is 3. The zero-order chi connectivity index (χ0) is 15.5. The van der Waals surface area contributed by atoms with E-state index in [2.05, 4.69) is 4.72 Å². The largest absolute Gasteiger partial charge is 0.326 e. The minimum Gasteiger partial charge on any atom is -0.326 e. The van der Waals surface area contributed by atoms with Crippen LogP contribution in [0.1, 0.15) is 11.1 Å². The molecule has 4 nitrogen and oxygen atoms in total. The van der Waals surface area contributed by atoms with Gasteiger partial charge in [0.1, 0.15) is 4.90 Å². The average Bonchev–Trinajstić information content (AvgIpc) is 2.45. The van der Waals surface area contributed by atoms with E-state index >= 15 is 0 Å². The predicted molar refractivity (Wildman–Crippen MR) is 84.8 cm³/mol. The molecule has 2 aromatic rings. The minimum atomic E-state index is -3.80. The summed E-state index contributed by atoms with van der Waals surface area (Å²) in [6.45, 7) is 0.460. The Morgan fingerprint density at radius 3 is 2.10 bits per heavy atom. The van der Waals surface area contributed by atoms with Crippen molar-refractivity contribution in [2.45, 2.75) is 18.0 Å². The summed E-state index contributed by atoms with van der Waals surface area (Å²) >= 11 is 11.9. The first-order valence-electron chi connectivity index (χ1n) is 6.16. The first-order valence-corrected chi connectivity index (χ1v) is 8.40. The molecule has 0 fully saturated rings. The summed E-state index contributed by atoms with van der Waals surface area (Å²) in [5, 5.41) is 0.171. The Balaban J connectivity index is 2.27. The molecular formula is C14H14Cl2N2O2S. The van der Waals surface area contributed by atoms with Crippen LogP contribution in [-0.4, -0.2) is 8.42 Å². The molecule has 0 saturated heterocycles. The van der Waals surface area contributed by atoms with Crippen LogP contribution in [0, 0.1) is 0 Å². The van der Waals surface area contributed by atoms with Gasteiger partial charge in [0.2, 0.25) is 10.0 Å². The van der Waals surface area contributed by atoms with E-state index in [1.807, 2.05) is 24.3 Å². The van der Waals surface area contributed by atoms with Crippen LogP contribution in [0.15, 0.2) is 47.4 Å². The fourth-order valence-corrected chi connectivity index (χ4v) is 4.06. The quantitative estimate of drug-likeness (QED) is 0.875. The van der Waals surface area contributed by atoms with Crippen molar-refractivity contribution >= 4 is 33.2 Å². The van der Waals surface area contributed by atoms with Gasteiger partial charge >= 0.3 is 0 Å². The Morgan fingerprint density at radius 2 is 1.52 bits per heavy atom. The van der Waals surface area contributed by atoms with Gasteiger partial charge in [0.05, 0.1) is 10.0 Å². The first kappa shape index (κ1) is 16.3. The van der Waals surface area contributed by atoms with Crippen LogP contribution < -0.4 is 10.5 Å². The highest BCUT2D eigenvalue weighted by atomic mass is 35.5. The summed E-state index contributed by atoms with van der Waals surface area (Å²) in [6, 6.07) is 11.9. The summed E-state index contributed by atoms with van der Waals surface area (Å²) in [5.41, 5.74) is 7.32. The van der Waals surface area contributed by atoms with Gasteiger partial charge in [-0.15, -0.1) is 0 Å². The van der Waals surface area contributed by atoms with Gasteiger partial charge in [0, 0.05) is 13.1 Å². The molecule has 0 unspecified atom stereocenters. The first-order chi connectivity index (χ1) is 9.95. The molecule has 0 radical (unpaired) electrons. The second kappa shape index (κ2) is 6.77. The number of rotatable bonds is 5. The summed E-state index contributed by atoms with van der Waals surface area (Å²) < 4.78 is 27.2. The molecule has 0 aromatic heterocycles. The normalized spacial score (nSPS) is 11.6. The Kier molecular flexibility index (Phi) is 5.24. The monoisotopic (exact) mass is 344 g/mol. The Morgan fingerprint density at radius 1 is 0.952 bits per heavy atom. The lowest BCUT2D eigenvalue weighted by molar-refractivity contribution is 0.581. The second-order valence-electron chi connectivity index (χ2n) is 4.35. The van der Waals surface area contributed by atoms with E-state index in [0.29, 0.717) is 6.54 Å². The maximum atomic E-state index is 12.3. The van der Waals surface area contributed by atoms with E-state index < -0.39 is 10.0 Å². The van der Waals surface area contributed by atoms with Crippen molar-refractivity contribution in [3.05, 3.63) is 63.6 Å². The van der Waals surface area contributed by atoms with Gasteiger partial charge in [-0.05, 0) is 23.3 Å². The van der Waals surface area contributed by atoms with E-state index in [1.165, 1.54) is 12.1 Å². The van der Waals surface area contributed by atoms with Gasteiger partial charge in [-0.3, -0.25) is 0 Å². The van der Waals surface area contributed by atoms with Crippen molar-refractivity contribution in [3.8, 4) is 0 Å². The number of benzene rings is 2. The zero-order valence-corrected chi connectivity index (χ0v) is 13.3. The highest BCUT2D eigenvalue weighted by Crippen LogP contribution is 2.28. The summed E-state index contributed by atoms with van der Waals surface area (Å²) in [7, 11) is -3.80. The Hall–Kier alpha value is -1.11. The summed E-state index contributed by atoms with van der Waals surface area (Å²) in [6.07, 6.45) is 0. The van der Waals surface area contributed by atoms with Crippen molar-refractivity contribution < 1.29 is 8.42 Å². The molecule has 0 bridgehead atoms. The highest BCUT2D eigenvalue weighted by Gasteiger charge is 2.21. The molecule has 0 heterocycles. The van der Waals surface area contributed by atoms with Gasteiger partial charge in [-0.1, -0.05) is 53.5 Å². The lowest BCUT2D eigenvalue weighted by Gasteiger charge is -2.12. The zero-order valence-electron chi connectivity index (χ0n) is 11.0. The maximum Gasteiger partial charge on any atom is 0.243 e. The molecular weight excluding hydrogens is 331 g/mol. The fraction of sp³-hybridized carbons (Fsp3) is 0.143. The van der Waals surface area contributed by atoms with Gasteiger partial charge in [0.15, 0.2) is 0 Å². The van der Waals surface area contributed by atoms with Gasteiger partial charge in [-0.25, -0.2) is 13.1 Å². The molecule has 2 aromatic carbocycles. The standard InChI is InChI=1S/C14H14Cl2N2O2S/c15-12-6-3-7-13(16)14(12)21(19,20)18-9-11-5-2-1-4-10(11)8-17/h1-7,18H,8-9,17H2. The number of hydrogen-bond donors (Lipinski definition) is 2. The van der Waals surface area contributed by atoms with Crippen molar-refractivity contribution in [3.63, 3.8) is 0 Å². The highest BCUT2D eigenvalue weighted by molar-refractivity contribution is 7.89. The van der Waals surface area contributed by atoms with Crippen molar-refractivity contribution in [2.75, 3.05) is 0 Å². The van der Waals surface area contributed by atoms with Crippen LogP contribution in [0.25, 0.3) is 0 Å². The molecule has 0 aliphatic heterocycles. The fourth-order valence-electron chi connectivity index (χ4n) is 1.91. The molecule has 21 heavy (non-hydrogen) atoms. The van der Waals surface area contributed by atoms with E-state index in [9.17, 15) is 8.42 Å². The number of nitrogens with two attached hydrogens (primary N) is 1. The molecule has 0 atom stereocenters. The molecule has 112 valence electrons.